The molecule has 0 atom stereocenters. The second kappa shape index (κ2) is 8.21. The molecule has 5 heteroatoms. The van der Waals surface area contributed by atoms with Crippen LogP contribution < -0.4 is 5.32 Å². The second-order valence-corrected chi connectivity index (χ2v) is 6.97. The monoisotopic (exact) mass is 354 g/mol. The van der Waals surface area contributed by atoms with E-state index in [0.29, 0.717) is 10.8 Å². The number of aryl methyl sites for hydroxylation is 1. The molecule has 0 aliphatic rings. The molecule has 0 saturated carbocycles. The van der Waals surface area contributed by atoms with Gasteiger partial charge >= 0.3 is 0 Å². The number of nitrogens with one attached hydrogen (secondary N) is 1. The Morgan fingerprint density at radius 1 is 1.20 bits per heavy atom. The van der Waals surface area contributed by atoms with Crippen LogP contribution in [0.15, 0.2) is 52.1 Å². The van der Waals surface area contributed by atoms with Crippen LogP contribution in [0.1, 0.15) is 41.3 Å². The van der Waals surface area contributed by atoms with Gasteiger partial charge in [0.05, 0.1) is 0 Å². The molecule has 0 unspecified atom stereocenters. The summed E-state index contributed by atoms with van der Waals surface area (Å²) in [6.45, 7) is 4.88. The average molecular weight is 354 g/mol. The van der Waals surface area contributed by atoms with Gasteiger partial charge in [-0.3, -0.25) is 4.79 Å². The number of carbonyl (C=O) groups excluding carboxylic acids is 1. The molecule has 0 fully saturated rings. The number of hydrogen-bond acceptors (Lipinski definition) is 4. The Morgan fingerprint density at radius 3 is 2.76 bits per heavy atom. The lowest BCUT2D eigenvalue weighted by atomic mass is 10.1. The minimum Gasteiger partial charge on any atom is -0.431 e. The summed E-state index contributed by atoms with van der Waals surface area (Å²) in [6, 6.07) is 13.7. The average Bonchev–Trinajstić information content (AvgIpc) is 3.02. The van der Waals surface area contributed by atoms with Gasteiger partial charge in [-0.25, -0.2) is 4.98 Å². The number of rotatable bonds is 7. The first-order valence-electron chi connectivity index (χ1n) is 8.53. The zero-order valence-electron chi connectivity index (χ0n) is 14.5. The zero-order chi connectivity index (χ0) is 17.6. The lowest BCUT2D eigenvalue weighted by Crippen LogP contribution is -2.24. The number of nitrogens with zero attached hydrogens (tertiary/aromatic N) is 1. The van der Waals surface area contributed by atoms with E-state index in [1.54, 1.807) is 11.8 Å². The predicted molar refractivity (Wildman–Crippen MR) is 102 cm³/mol. The number of carbonyl (C=O) groups is 1. The first-order chi connectivity index (χ1) is 12.2. The highest BCUT2D eigenvalue weighted by Crippen LogP contribution is 2.26. The number of thioether (sulfide) groups is 1. The molecule has 0 aliphatic heterocycles. The van der Waals surface area contributed by atoms with Crippen molar-refractivity contribution in [3.63, 3.8) is 0 Å². The fourth-order valence-electron chi connectivity index (χ4n) is 2.46. The lowest BCUT2D eigenvalue weighted by Gasteiger charge is -2.05. The van der Waals surface area contributed by atoms with Crippen LogP contribution in [-0.2, 0) is 5.75 Å². The molecule has 1 amide bonds. The molecular formula is C20H22N2O2S. The number of amides is 1. The zero-order valence-corrected chi connectivity index (χ0v) is 15.4. The largest absolute Gasteiger partial charge is 0.431 e. The number of fused-ring (bicyclic) bond motifs is 1. The van der Waals surface area contributed by atoms with Crippen LogP contribution >= 0.6 is 11.8 Å². The summed E-state index contributed by atoms with van der Waals surface area (Å²) < 4.78 is 5.75. The van der Waals surface area contributed by atoms with E-state index in [0.717, 1.165) is 41.8 Å². The van der Waals surface area contributed by atoms with Crippen LogP contribution in [0.4, 0.5) is 0 Å². The molecule has 1 heterocycles. The Bertz CT molecular complexity index is 856. The summed E-state index contributed by atoms with van der Waals surface area (Å²) in [6.07, 6.45) is 2.08. The Labute approximate surface area is 152 Å². The molecule has 1 N–H and O–H groups in total. The maximum absolute atomic E-state index is 12.0. The highest BCUT2D eigenvalue weighted by atomic mass is 32.2. The Hall–Kier alpha value is -2.27. The van der Waals surface area contributed by atoms with Gasteiger partial charge in [0, 0.05) is 17.9 Å². The van der Waals surface area contributed by atoms with Crippen LogP contribution in [0.3, 0.4) is 0 Å². The molecule has 0 saturated heterocycles. The molecule has 130 valence electrons. The molecule has 3 aromatic rings. The van der Waals surface area contributed by atoms with Gasteiger partial charge in [0.15, 0.2) is 5.58 Å². The molecule has 25 heavy (non-hydrogen) atoms. The maximum Gasteiger partial charge on any atom is 0.257 e. The summed E-state index contributed by atoms with van der Waals surface area (Å²) in [7, 11) is 0. The molecule has 1 aromatic heterocycles. The van der Waals surface area contributed by atoms with Crippen molar-refractivity contribution in [1.82, 2.24) is 10.3 Å². The third-order valence-corrected chi connectivity index (χ3v) is 4.82. The van der Waals surface area contributed by atoms with E-state index >= 15 is 0 Å². The van der Waals surface area contributed by atoms with Crippen LogP contribution in [0.5, 0.6) is 0 Å². The molecule has 3 rings (SSSR count). The number of aromatic nitrogens is 1. The number of oxazole rings is 1. The van der Waals surface area contributed by atoms with E-state index in [1.165, 1.54) is 5.56 Å². The topological polar surface area (TPSA) is 55.1 Å². The third-order valence-electron chi connectivity index (χ3n) is 3.92. The van der Waals surface area contributed by atoms with Crippen molar-refractivity contribution >= 4 is 28.8 Å². The van der Waals surface area contributed by atoms with E-state index in [1.807, 2.05) is 49.4 Å². The molecule has 0 radical (unpaired) electrons. The van der Waals surface area contributed by atoms with E-state index < -0.39 is 0 Å². The lowest BCUT2D eigenvalue weighted by molar-refractivity contribution is 0.0953. The van der Waals surface area contributed by atoms with Crippen molar-refractivity contribution in [1.29, 1.82) is 0 Å². The quantitative estimate of drug-likeness (QED) is 0.481. The fourth-order valence-corrected chi connectivity index (χ4v) is 3.25. The van der Waals surface area contributed by atoms with Gasteiger partial charge in [0.2, 0.25) is 0 Å². The van der Waals surface area contributed by atoms with Crippen molar-refractivity contribution in [3.8, 4) is 0 Å². The molecule has 2 aromatic carbocycles. The number of unbranched alkanes of at least 4 members (excludes halogenated alkanes) is 1. The normalized spacial score (nSPS) is 11.0. The Balaban J connectivity index is 1.58. The maximum atomic E-state index is 12.0. The fraction of sp³-hybridized carbons (Fsp3) is 0.300. The summed E-state index contributed by atoms with van der Waals surface area (Å²) >= 11 is 1.56. The highest BCUT2D eigenvalue weighted by Gasteiger charge is 2.08. The first-order valence-corrected chi connectivity index (χ1v) is 9.51. The van der Waals surface area contributed by atoms with Gasteiger partial charge in [0.1, 0.15) is 5.52 Å². The number of benzene rings is 2. The van der Waals surface area contributed by atoms with E-state index in [4.69, 9.17) is 4.42 Å². The van der Waals surface area contributed by atoms with Crippen molar-refractivity contribution in [2.24, 2.45) is 0 Å². The van der Waals surface area contributed by atoms with Gasteiger partial charge in [-0.1, -0.05) is 43.3 Å². The van der Waals surface area contributed by atoms with Crippen molar-refractivity contribution in [2.45, 2.75) is 37.7 Å². The predicted octanol–water partition coefficient (Wildman–Crippen LogP) is 4.96. The SMILES string of the molecule is CCCCNC(=O)c1ccc(CSc2nc3cc(C)ccc3o2)cc1. The van der Waals surface area contributed by atoms with Crippen LogP contribution in [0.2, 0.25) is 0 Å². The van der Waals surface area contributed by atoms with Crippen LogP contribution in [0, 0.1) is 6.92 Å². The molecule has 0 aliphatic carbocycles. The Morgan fingerprint density at radius 2 is 2.00 bits per heavy atom. The van der Waals surface area contributed by atoms with Crippen LogP contribution in [-0.4, -0.2) is 17.4 Å². The highest BCUT2D eigenvalue weighted by molar-refractivity contribution is 7.98. The smallest absolute Gasteiger partial charge is 0.257 e. The van der Waals surface area contributed by atoms with Crippen molar-refractivity contribution in [3.05, 3.63) is 59.2 Å². The third kappa shape index (κ3) is 4.63. The molecule has 0 bridgehead atoms. The molecular weight excluding hydrogens is 332 g/mol. The first kappa shape index (κ1) is 17.5. The summed E-state index contributed by atoms with van der Waals surface area (Å²) in [5, 5.41) is 3.60. The standard InChI is InChI=1S/C20H22N2O2S/c1-3-4-11-21-19(23)16-8-6-15(7-9-16)13-25-20-22-17-12-14(2)5-10-18(17)24-20/h5-10,12H,3-4,11,13H2,1-2H3,(H,21,23). The van der Waals surface area contributed by atoms with Gasteiger partial charge in [0.25, 0.3) is 11.1 Å². The van der Waals surface area contributed by atoms with E-state index in [2.05, 4.69) is 17.2 Å². The summed E-state index contributed by atoms with van der Waals surface area (Å²) in [4.78, 5) is 16.5. The second-order valence-electron chi connectivity index (χ2n) is 6.05. The van der Waals surface area contributed by atoms with Gasteiger partial charge in [-0.15, -0.1) is 0 Å². The van der Waals surface area contributed by atoms with E-state index in [9.17, 15) is 4.79 Å². The summed E-state index contributed by atoms with van der Waals surface area (Å²) in [5.41, 5.74) is 4.70. The van der Waals surface area contributed by atoms with Crippen molar-refractivity contribution in [2.75, 3.05) is 6.54 Å². The minimum absolute atomic E-state index is 0.0121. The van der Waals surface area contributed by atoms with Gasteiger partial charge < -0.3 is 9.73 Å². The van der Waals surface area contributed by atoms with Gasteiger partial charge in [-0.2, -0.15) is 0 Å². The Kier molecular flexibility index (Phi) is 5.76. The minimum atomic E-state index is -0.0121. The van der Waals surface area contributed by atoms with Gasteiger partial charge in [-0.05, 0) is 48.7 Å². The number of hydrogen-bond donors (Lipinski definition) is 1. The molecule has 0 spiro atoms. The molecule has 4 nitrogen and oxygen atoms in total. The van der Waals surface area contributed by atoms with E-state index in [-0.39, 0.29) is 5.91 Å². The van der Waals surface area contributed by atoms with Crippen LogP contribution in [0.25, 0.3) is 11.1 Å². The van der Waals surface area contributed by atoms with Crippen molar-refractivity contribution < 1.29 is 9.21 Å². The summed E-state index contributed by atoms with van der Waals surface area (Å²) in [5.74, 6) is 0.741.